The molecule has 11 valence electrons. The van der Waals surface area contributed by atoms with Gasteiger partial charge >= 0.3 is 18.9 Å². The Morgan fingerprint density at radius 1 is 1.25 bits per heavy atom. The molecule has 0 atom stereocenters. The zero-order valence-electron chi connectivity index (χ0n) is 3.78. The minimum atomic E-state index is 0. The third-order valence-corrected chi connectivity index (χ3v) is 0. The fourth-order valence-electron chi connectivity index (χ4n) is 0. The molecule has 0 aromatic rings. The average Bonchev–Trinajstić information content (AvgIpc) is 0. The van der Waals surface area contributed by atoms with Crippen LogP contribution in [0.3, 0.4) is 0 Å². The normalized spacial score (nSPS) is 0. The van der Waals surface area contributed by atoms with Gasteiger partial charge in [-0.25, -0.2) is 0 Å². The molecule has 3 radical (unpaired) electrons. The van der Waals surface area contributed by atoms with E-state index in [9.17, 15) is 0 Å². The fourth-order valence-corrected chi connectivity index (χ4v) is 0. The summed E-state index contributed by atoms with van der Waals surface area (Å²) < 4.78 is 0. The molecule has 0 aliphatic heterocycles. The van der Waals surface area contributed by atoms with Crippen molar-refractivity contribution < 1.29 is 61.5 Å². The first-order valence-electron chi connectivity index (χ1n) is 0. The third kappa shape index (κ3) is 8.82. The van der Waals surface area contributed by atoms with Crippen molar-refractivity contribution in [3.8, 4) is 0 Å². The van der Waals surface area contributed by atoms with E-state index in [1.165, 1.54) is 0 Å². The first kappa shape index (κ1) is 31.8. The van der Waals surface area contributed by atoms with Crippen LogP contribution in [-0.2, 0) is 41.2 Å². The predicted molar refractivity (Wildman–Crippen MR) is 6.87 cm³/mol. The molecule has 4 heteroatoms. The fraction of sp³-hybridized carbons (Fsp3) is 0. The molecule has 0 heterocycles. The number of hydrogen-bond acceptors (Lipinski definition) is 0. The summed E-state index contributed by atoms with van der Waals surface area (Å²) in [4.78, 5) is 0. The van der Waals surface area contributed by atoms with Gasteiger partial charge in [0.2, 0.25) is 0 Å². The van der Waals surface area contributed by atoms with Gasteiger partial charge in [-0.05, 0) is 0 Å². The van der Waals surface area contributed by atoms with Gasteiger partial charge < -0.3 is 1.43 Å². The SMILES string of the molecule is [Al].[H-].[Li+].[Ti].[Zn]. The minimum Gasteiger partial charge on any atom is -1.00 e. The molecule has 0 nitrogen and oxygen atoms in total. The second-order valence-electron chi connectivity index (χ2n) is 0. The minimum absolute atomic E-state index is 0. The molecule has 0 aliphatic carbocycles. The van der Waals surface area contributed by atoms with Crippen molar-refractivity contribution in [1.82, 2.24) is 0 Å². The molecular weight excluding hydrogens is 147 g/mol. The van der Waals surface area contributed by atoms with Gasteiger partial charge in [0.25, 0.3) is 0 Å². The molecule has 0 amide bonds. The van der Waals surface area contributed by atoms with Crippen LogP contribution in [0.15, 0.2) is 0 Å². The van der Waals surface area contributed by atoms with Crippen LogP contribution < -0.4 is 18.9 Å². The Bertz CT molecular complexity index is 11.6. The Balaban J connectivity index is 0. The van der Waals surface area contributed by atoms with E-state index in [4.69, 9.17) is 0 Å². The van der Waals surface area contributed by atoms with Crippen molar-refractivity contribution in [3.05, 3.63) is 0 Å². The molecule has 0 saturated carbocycles. The maximum Gasteiger partial charge on any atom is 1.00 e. The van der Waals surface area contributed by atoms with Crippen molar-refractivity contribution in [3.63, 3.8) is 0 Å². The van der Waals surface area contributed by atoms with Crippen LogP contribution in [0.4, 0.5) is 0 Å². The largest absolute Gasteiger partial charge is 1.00 e. The van der Waals surface area contributed by atoms with E-state index in [2.05, 4.69) is 0 Å². The second-order valence-corrected chi connectivity index (χ2v) is 0. The number of hydrogen-bond donors (Lipinski definition) is 0. The first-order valence-corrected chi connectivity index (χ1v) is 0. The van der Waals surface area contributed by atoms with E-state index in [1.54, 1.807) is 0 Å². The molecule has 0 rings (SSSR count). The van der Waals surface area contributed by atoms with Crippen LogP contribution in [-0.4, -0.2) is 17.4 Å². The van der Waals surface area contributed by atoms with E-state index in [-0.39, 0.29) is 78.8 Å². The van der Waals surface area contributed by atoms with Gasteiger partial charge in [0.1, 0.15) is 0 Å². The molecule has 0 N–H and O–H groups in total. The smallest absolute Gasteiger partial charge is 1.00 e. The summed E-state index contributed by atoms with van der Waals surface area (Å²) in [7, 11) is 0. The van der Waals surface area contributed by atoms with Gasteiger partial charge in [0.15, 0.2) is 0 Å². The van der Waals surface area contributed by atoms with Crippen LogP contribution in [0, 0.1) is 0 Å². The van der Waals surface area contributed by atoms with E-state index < -0.39 is 0 Å². The maximum absolute atomic E-state index is 0. The van der Waals surface area contributed by atoms with Crippen LogP contribution in [0.25, 0.3) is 0 Å². The summed E-state index contributed by atoms with van der Waals surface area (Å²) >= 11 is 0. The van der Waals surface area contributed by atoms with Crippen molar-refractivity contribution in [2.75, 3.05) is 0 Å². The molecule has 0 unspecified atom stereocenters. The summed E-state index contributed by atoms with van der Waals surface area (Å²) in [6.45, 7) is 0. The predicted octanol–water partition coefficient (Wildman–Crippen LogP) is -3.27. The van der Waals surface area contributed by atoms with E-state index in [0.29, 0.717) is 0 Å². The van der Waals surface area contributed by atoms with Gasteiger partial charge in [-0.2, -0.15) is 0 Å². The van der Waals surface area contributed by atoms with Gasteiger partial charge in [-0.1, -0.05) is 0 Å². The Labute approximate surface area is 77.9 Å². The van der Waals surface area contributed by atoms with Crippen molar-refractivity contribution >= 4 is 17.4 Å². The summed E-state index contributed by atoms with van der Waals surface area (Å²) in [5.74, 6) is 0. The molecule has 0 fully saturated rings. The third-order valence-electron chi connectivity index (χ3n) is 0. The van der Waals surface area contributed by atoms with Crippen LogP contribution in [0.5, 0.6) is 0 Å². The standard InChI is InChI=1S/Al.Li.Ti.Zn.H/q;+1;;;-1. The van der Waals surface area contributed by atoms with Gasteiger partial charge in [0.05, 0.1) is 0 Å². The van der Waals surface area contributed by atoms with Gasteiger partial charge in [-0.3, -0.25) is 0 Å². The van der Waals surface area contributed by atoms with E-state index in [1.807, 2.05) is 0 Å². The Morgan fingerprint density at radius 3 is 1.25 bits per heavy atom. The number of rotatable bonds is 0. The topological polar surface area (TPSA) is 0 Å². The molecule has 0 saturated heterocycles. The maximum atomic E-state index is 0. The van der Waals surface area contributed by atoms with Crippen LogP contribution >= 0.6 is 0 Å². The van der Waals surface area contributed by atoms with Crippen molar-refractivity contribution in [2.24, 2.45) is 0 Å². The Kier molecular flexibility index (Phi) is 142. The summed E-state index contributed by atoms with van der Waals surface area (Å²) in [5, 5.41) is 0. The molecular formula is HAlLiTiZn. The van der Waals surface area contributed by atoms with E-state index in [0.717, 1.165) is 0 Å². The zero-order chi connectivity index (χ0) is 0. The molecule has 0 aromatic carbocycles. The van der Waals surface area contributed by atoms with Crippen LogP contribution in [0.1, 0.15) is 1.43 Å². The zero-order valence-corrected chi connectivity index (χ0v) is 8.47. The quantitative estimate of drug-likeness (QED) is 0.316. The van der Waals surface area contributed by atoms with Gasteiger partial charge in [-0.15, -0.1) is 0 Å². The molecule has 0 bridgehead atoms. The average molecular weight is 148 g/mol. The van der Waals surface area contributed by atoms with E-state index >= 15 is 0 Å². The van der Waals surface area contributed by atoms with Gasteiger partial charge in [0, 0.05) is 58.6 Å². The Hall–Kier alpha value is 2.47. The molecule has 0 aromatic heterocycles. The monoisotopic (exact) mass is 147 g/mol. The van der Waals surface area contributed by atoms with Crippen molar-refractivity contribution in [2.45, 2.75) is 0 Å². The first-order chi connectivity index (χ1) is 0. The second kappa shape index (κ2) is 17.9. The molecule has 0 aliphatic rings. The van der Waals surface area contributed by atoms with Crippen molar-refractivity contribution in [1.29, 1.82) is 0 Å². The molecule has 0 spiro atoms. The summed E-state index contributed by atoms with van der Waals surface area (Å²) in [6, 6.07) is 0. The van der Waals surface area contributed by atoms with Crippen LogP contribution in [0.2, 0.25) is 0 Å². The summed E-state index contributed by atoms with van der Waals surface area (Å²) in [5.41, 5.74) is 0. The molecule has 4 heavy (non-hydrogen) atoms. The summed E-state index contributed by atoms with van der Waals surface area (Å²) in [6.07, 6.45) is 0. The Morgan fingerprint density at radius 2 is 1.25 bits per heavy atom.